The van der Waals surface area contributed by atoms with E-state index in [-0.39, 0.29) is 0 Å². The van der Waals surface area contributed by atoms with Gasteiger partial charge in [0.05, 0.1) is 6.61 Å². The lowest BCUT2D eigenvalue weighted by molar-refractivity contribution is 0.110. The first-order valence-electron chi connectivity index (χ1n) is 7.97. The minimum absolute atomic E-state index is 0.595. The number of aryl methyl sites for hydroxylation is 1. The molecule has 3 heteroatoms. The summed E-state index contributed by atoms with van der Waals surface area (Å²) in [5.74, 6) is 0.884. The molecule has 2 aromatic rings. The highest BCUT2D eigenvalue weighted by atomic mass is 16.5. The Morgan fingerprint density at radius 2 is 1.68 bits per heavy atom. The quantitative estimate of drug-likeness (QED) is 0.669. The van der Waals surface area contributed by atoms with E-state index in [9.17, 15) is 0 Å². The summed E-state index contributed by atoms with van der Waals surface area (Å²) in [6, 6.07) is 18.7. The number of hydrogen-bond donors (Lipinski definition) is 1. The number of hydrogen-bond acceptors (Lipinski definition) is 3. The molecule has 3 nitrogen and oxygen atoms in total. The molecule has 0 aliphatic rings. The topological polar surface area (TPSA) is 30.5 Å². The molecule has 0 heterocycles. The molecule has 118 valence electrons. The maximum atomic E-state index is 5.59. The van der Waals surface area contributed by atoms with Crippen LogP contribution in [0.25, 0.3) is 0 Å². The molecule has 0 spiro atoms. The lowest BCUT2D eigenvalue weighted by Gasteiger charge is -2.09. The van der Waals surface area contributed by atoms with Gasteiger partial charge in [-0.25, -0.2) is 0 Å². The predicted molar refractivity (Wildman–Crippen MR) is 91.7 cm³/mol. The molecule has 0 atom stereocenters. The summed E-state index contributed by atoms with van der Waals surface area (Å²) >= 11 is 0. The first kappa shape index (κ1) is 16.4. The Balaban J connectivity index is 1.63. The minimum atomic E-state index is 0.595. The van der Waals surface area contributed by atoms with Gasteiger partial charge in [-0.15, -0.1) is 0 Å². The molecule has 1 N–H and O–H groups in total. The lowest BCUT2D eigenvalue weighted by atomic mass is 10.1. The second kappa shape index (κ2) is 9.85. The van der Waals surface area contributed by atoms with E-state index in [2.05, 4.69) is 47.8 Å². The van der Waals surface area contributed by atoms with Crippen molar-refractivity contribution in [3.05, 3.63) is 60.2 Å². The maximum Gasteiger partial charge on any atom is 0.119 e. The summed E-state index contributed by atoms with van der Waals surface area (Å²) in [5, 5.41) is 3.44. The second-order valence-electron chi connectivity index (χ2n) is 5.09. The fourth-order valence-electron chi connectivity index (χ4n) is 2.20. The summed E-state index contributed by atoms with van der Waals surface area (Å²) in [4.78, 5) is 0. The highest BCUT2D eigenvalue weighted by Gasteiger charge is 1.96. The molecule has 2 aromatic carbocycles. The molecule has 0 fully saturated rings. The number of benzene rings is 2. The smallest absolute Gasteiger partial charge is 0.119 e. The molecule has 0 saturated heterocycles. The summed E-state index contributed by atoms with van der Waals surface area (Å²) in [6.07, 6.45) is 2.23. The normalized spacial score (nSPS) is 10.4. The number of ether oxygens (including phenoxy) is 2. The van der Waals surface area contributed by atoms with Crippen LogP contribution in [0.3, 0.4) is 0 Å². The van der Waals surface area contributed by atoms with Gasteiger partial charge in [0.25, 0.3) is 0 Å². The van der Waals surface area contributed by atoms with E-state index < -0.39 is 0 Å². The molecule has 0 saturated carbocycles. The molecule has 0 aliphatic heterocycles. The van der Waals surface area contributed by atoms with E-state index in [0.29, 0.717) is 13.2 Å². The van der Waals surface area contributed by atoms with E-state index in [1.54, 1.807) is 0 Å². The van der Waals surface area contributed by atoms with Gasteiger partial charge in [0.2, 0.25) is 0 Å². The number of nitrogens with one attached hydrogen (secondary N) is 1. The van der Waals surface area contributed by atoms with Gasteiger partial charge in [-0.2, -0.15) is 0 Å². The van der Waals surface area contributed by atoms with Crippen LogP contribution in [0.4, 0.5) is 5.69 Å². The van der Waals surface area contributed by atoms with Crippen LogP contribution in [0, 0.1) is 0 Å². The van der Waals surface area contributed by atoms with Crippen molar-refractivity contribution in [2.45, 2.75) is 19.8 Å². The molecule has 22 heavy (non-hydrogen) atoms. The Morgan fingerprint density at radius 1 is 0.909 bits per heavy atom. The molecule has 0 amide bonds. The largest absolute Gasteiger partial charge is 0.491 e. The average Bonchev–Trinajstić information content (AvgIpc) is 2.58. The third-order valence-corrected chi connectivity index (χ3v) is 3.37. The highest BCUT2D eigenvalue weighted by molar-refractivity contribution is 5.46. The number of rotatable bonds is 10. The zero-order valence-electron chi connectivity index (χ0n) is 13.3. The average molecular weight is 299 g/mol. The molecular formula is C19H25NO2. The standard InChI is InChI=1S/C19H25NO2/c1-2-21-15-16-22-19-12-10-18(11-13-19)20-14-6-9-17-7-4-3-5-8-17/h3-5,7-8,10-13,20H,2,6,9,14-16H2,1H3. The van der Waals surface area contributed by atoms with Gasteiger partial charge >= 0.3 is 0 Å². The lowest BCUT2D eigenvalue weighted by Crippen LogP contribution is -2.06. The molecule has 0 aromatic heterocycles. The Morgan fingerprint density at radius 3 is 2.41 bits per heavy atom. The Hall–Kier alpha value is -2.00. The van der Waals surface area contributed by atoms with Crippen molar-refractivity contribution in [2.75, 3.05) is 31.7 Å². The van der Waals surface area contributed by atoms with Crippen LogP contribution >= 0.6 is 0 Å². The highest BCUT2D eigenvalue weighted by Crippen LogP contribution is 2.15. The molecule has 0 aliphatic carbocycles. The zero-order valence-corrected chi connectivity index (χ0v) is 13.3. The van der Waals surface area contributed by atoms with Gasteiger partial charge in [0.1, 0.15) is 12.4 Å². The minimum Gasteiger partial charge on any atom is -0.491 e. The summed E-state index contributed by atoms with van der Waals surface area (Å²) < 4.78 is 10.8. The third-order valence-electron chi connectivity index (χ3n) is 3.37. The Kier molecular flexibility index (Phi) is 7.33. The monoisotopic (exact) mass is 299 g/mol. The summed E-state index contributed by atoms with van der Waals surface area (Å²) in [5.41, 5.74) is 2.52. The van der Waals surface area contributed by atoms with Crippen LogP contribution in [-0.2, 0) is 11.2 Å². The first-order chi connectivity index (χ1) is 10.9. The van der Waals surface area contributed by atoms with E-state index in [4.69, 9.17) is 9.47 Å². The van der Waals surface area contributed by atoms with E-state index in [1.165, 1.54) is 5.56 Å². The van der Waals surface area contributed by atoms with Gasteiger partial charge in [-0.1, -0.05) is 30.3 Å². The van der Waals surface area contributed by atoms with Crippen molar-refractivity contribution in [3.8, 4) is 5.75 Å². The van der Waals surface area contributed by atoms with Crippen molar-refractivity contribution in [1.29, 1.82) is 0 Å². The van der Waals surface area contributed by atoms with Crippen LogP contribution in [0.2, 0.25) is 0 Å². The number of anilines is 1. The van der Waals surface area contributed by atoms with Crippen molar-refractivity contribution >= 4 is 5.69 Å². The SMILES string of the molecule is CCOCCOc1ccc(NCCCc2ccccc2)cc1. The molecule has 0 unspecified atom stereocenters. The van der Waals surface area contributed by atoms with Gasteiger partial charge in [-0.05, 0) is 49.6 Å². The van der Waals surface area contributed by atoms with Crippen LogP contribution in [0.15, 0.2) is 54.6 Å². The Labute approximate surface area is 133 Å². The van der Waals surface area contributed by atoms with Crippen LogP contribution in [0.5, 0.6) is 5.75 Å². The summed E-state index contributed by atoms with van der Waals surface area (Å²) in [6.45, 7) is 4.92. The van der Waals surface area contributed by atoms with Crippen molar-refractivity contribution in [3.63, 3.8) is 0 Å². The van der Waals surface area contributed by atoms with Gasteiger partial charge in [0.15, 0.2) is 0 Å². The van der Waals surface area contributed by atoms with E-state index >= 15 is 0 Å². The maximum absolute atomic E-state index is 5.59. The zero-order chi connectivity index (χ0) is 15.5. The summed E-state index contributed by atoms with van der Waals surface area (Å²) in [7, 11) is 0. The van der Waals surface area contributed by atoms with Crippen molar-refractivity contribution < 1.29 is 9.47 Å². The van der Waals surface area contributed by atoms with Crippen LogP contribution in [0.1, 0.15) is 18.9 Å². The second-order valence-corrected chi connectivity index (χ2v) is 5.09. The molecule has 0 radical (unpaired) electrons. The molecule has 0 bridgehead atoms. The van der Waals surface area contributed by atoms with E-state index in [1.807, 2.05) is 19.1 Å². The van der Waals surface area contributed by atoms with E-state index in [0.717, 1.165) is 37.4 Å². The van der Waals surface area contributed by atoms with Gasteiger partial charge < -0.3 is 14.8 Å². The van der Waals surface area contributed by atoms with Gasteiger partial charge in [0, 0.05) is 18.8 Å². The third kappa shape index (κ3) is 6.19. The fraction of sp³-hybridized carbons (Fsp3) is 0.368. The van der Waals surface area contributed by atoms with Crippen molar-refractivity contribution in [1.82, 2.24) is 0 Å². The predicted octanol–water partition coefficient (Wildman–Crippen LogP) is 4.15. The van der Waals surface area contributed by atoms with Crippen LogP contribution < -0.4 is 10.1 Å². The molecule has 2 rings (SSSR count). The Bertz CT molecular complexity index is 511. The van der Waals surface area contributed by atoms with Crippen LogP contribution in [-0.4, -0.2) is 26.4 Å². The first-order valence-corrected chi connectivity index (χ1v) is 7.97. The molecular weight excluding hydrogens is 274 g/mol. The van der Waals surface area contributed by atoms with Crippen molar-refractivity contribution in [2.24, 2.45) is 0 Å². The van der Waals surface area contributed by atoms with Gasteiger partial charge in [-0.3, -0.25) is 0 Å². The fourth-order valence-corrected chi connectivity index (χ4v) is 2.20.